The normalized spacial score (nSPS) is 24.4. The number of benzene rings is 2. The van der Waals surface area contributed by atoms with Gasteiger partial charge in [-0.15, -0.1) is 0 Å². The first-order valence-electron chi connectivity index (χ1n) is 11.8. The van der Waals surface area contributed by atoms with Gasteiger partial charge in [0.1, 0.15) is 30.6 Å². The molecule has 2 unspecified atom stereocenters. The van der Waals surface area contributed by atoms with Crippen molar-refractivity contribution >= 4 is 35.0 Å². The molecule has 0 aromatic heterocycles. The molecular formula is C26H27ClN4O7. The number of hydrogen-bond donors (Lipinski definition) is 1. The average molecular weight is 543 g/mol. The van der Waals surface area contributed by atoms with Crippen LogP contribution in [-0.4, -0.2) is 91.5 Å². The molecule has 2 aromatic rings. The molecule has 0 bridgehead atoms. The third kappa shape index (κ3) is 3.98. The summed E-state index contributed by atoms with van der Waals surface area (Å²) in [6.45, 7) is 0.147. The third-order valence-electron chi connectivity index (χ3n) is 7.03. The number of ether oxygens (including phenoxy) is 4. The van der Waals surface area contributed by atoms with Crippen LogP contribution < -0.4 is 0 Å². The van der Waals surface area contributed by atoms with Crippen molar-refractivity contribution < 1.29 is 33.6 Å². The molecule has 0 radical (unpaired) electrons. The summed E-state index contributed by atoms with van der Waals surface area (Å²) in [5, 5.41) is 23.2. The number of halogens is 1. The average Bonchev–Trinajstić information content (AvgIpc) is 3.40. The number of carbonyl (C=O) groups is 2. The van der Waals surface area contributed by atoms with Gasteiger partial charge in [0.05, 0.1) is 14.2 Å². The van der Waals surface area contributed by atoms with E-state index < -0.39 is 23.1 Å². The summed E-state index contributed by atoms with van der Waals surface area (Å²) >= 11 is 6.18. The maximum absolute atomic E-state index is 12.9. The fourth-order valence-electron chi connectivity index (χ4n) is 5.27. The van der Waals surface area contributed by atoms with Crippen LogP contribution in [0, 0.1) is 0 Å². The second kappa shape index (κ2) is 9.57. The van der Waals surface area contributed by atoms with Crippen molar-refractivity contribution in [3.8, 4) is 5.75 Å². The van der Waals surface area contributed by atoms with E-state index in [4.69, 9.17) is 40.8 Å². The number of phenols is 1. The Hall–Kier alpha value is -3.67. The first kappa shape index (κ1) is 26.0. The molecule has 38 heavy (non-hydrogen) atoms. The van der Waals surface area contributed by atoms with Crippen molar-refractivity contribution in [2.75, 3.05) is 41.8 Å². The molecule has 0 fully saturated rings. The third-order valence-corrected chi connectivity index (χ3v) is 7.26. The molecule has 0 amide bonds. The monoisotopic (exact) mass is 542 g/mol. The molecule has 0 saturated carbocycles. The van der Waals surface area contributed by atoms with Crippen LogP contribution in [0.5, 0.6) is 5.75 Å². The lowest BCUT2D eigenvalue weighted by Gasteiger charge is -2.36. The first-order chi connectivity index (χ1) is 18.2. The molecule has 2 aromatic carbocycles. The van der Waals surface area contributed by atoms with Crippen LogP contribution >= 0.6 is 11.6 Å². The Morgan fingerprint density at radius 2 is 1.82 bits per heavy atom. The van der Waals surface area contributed by atoms with E-state index in [0.29, 0.717) is 27.6 Å². The molecule has 11 nitrogen and oxygen atoms in total. The topological polar surface area (TPSA) is 122 Å². The minimum Gasteiger partial charge on any atom is -0.508 e. The van der Waals surface area contributed by atoms with E-state index in [9.17, 15) is 14.7 Å². The Morgan fingerprint density at radius 1 is 1.11 bits per heavy atom. The number of methoxy groups -OCH3 is 3. The van der Waals surface area contributed by atoms with Gasteiger partial charge in [-0.2, -0.15) is 10.2 Å². The van der Waals surface area contributed by atoms with E-state index in [2.05, 4.69) is 0 Å². The van der Waals surface area contributed by atoms with E-state index in [1.807, 2.05) is 6.07 Å². The van der Waals surface area contributed by atoms with Crippen LogP contribution in [-0.2, 0) is 41.4 Å². The predicted molar refractivity (Wildman–Crippen MR) is 137 cm³/mol. The van der Waals surface area contributed by atoms with E-state index in [-0.39, 0.29) is 32.0 Å². The minimum absolute atomic E-state index is 0.00754. The summed E-state index contributed by atoms with van der Waals surface area (Å²) in [6.07, 6.45) is 0.419. The Labute approximate surface area is 224 Å². The molecule has 5 rings (SSSR count). The Bertz CT molecular complexity index is 1380. The van der Waals surface area contributed by atoms with E-state index in [1.165, 1.54) is 27.4 Å². The molecule has 0 spiro atoms. The number of rotatable bonds is 6. The molecule has 0 saturated heterocycles. The van der Waals surface area contributed by atoms with Crippen LogP contribution in [0.1, 0.15) is 22.3 Å². The quantitative estimate of drug-likeness (QED) is 0.431. The SMILES string of the molecule is COC(=O)C12Cc3cc(Cl)ccc3C1=NN(CN(C)/N=C1/c3ccc(O)cc3CC1(OC)C(=O)OC)CO2. The van der Waals surface area contributed by atoms with Crippen LogP contribution in [0.3, 0.4) is 0 Å². The van der Waals surface area contributed by atoms with Crippen LogP contribution in [0.2, 0.25) is 5.02 Å². The highest BCUT2D eigenvalue weighted by Crippen LogP contribution is 2.39. The van der Waals surface area contributed by atoms with E-state index in [1.54, 1.807) is 41.3 Å². The predicted octanol–water partition coefficient (Wildman–Crippen LogP) is 1.92. The Balaban J connectivity index is 1.49. The zero-order chi connectivity index (χ0) is 27.2. The van der Waals surface area contributed by atoms with Crippen LogP contribution in [0.15, 0.2) is 46.6 Å². The Morgan fingerprint density at radius 3 is 2.53 bits per heavy atom. The van der Waals surface area contributed by atoms with E-state index in [0.717, 1.165) is 11.1 Å². The lowest BCUT2D eigenvalue weighted by molar-refractivity contribution is -0.168. The summed E-state index contributed by atoms with van der Waals surface area (Å²) in [5.41, 5.74) is 0.908. The van der Waals surface area contributed by atoms with Gasteiger partial charge in [-0.25, -0.2) is 9.59 Å². The summed E-state index contributed by atoms with van der Waals surface area (Å²) < 4.78 is 21.9. The van der Waals surface area contributed by atoms with Crippen molar-refractivity contribution in [2.24, 2.45) is 10.2 Å². The summed E-state index contributed by atoms with van der Waals surface area (Å²) in [6, 6.07) is 10.1. The minimum atomic E-state index is -1.48. The second-order valence-electron chi connectivity index (χ2n) is 9.31. The van der Waals surface area contributed by atoms with Crippen LogP contribution in [0.4, 0.5) is 0 Å². The van der Waals surface area contributed by atoms with Crippen molar-refractivity contribution in [1.29, 1.82) is 0 Å². The molecule has 1 heterocycles. The van der Waals surface area contributed by atoms with Crippen molar-refractivity contribution in [1.82, 2.24) is 10.0 Å². The smallest absolute Gasteiger partial charge is 0.345 e. The maximum atomic E-state index is 12.9. The molecule has 3 aliphatic rings. The zero-order valence-electron chi connectivity index (χ0n) is 21.4. The van der Waals surface area contributed by atoms with Gasteiger partial charge >= 0.3 is 11.9 Å². The number of fused-ring (bicyclic) bond motifs is 4. The maximum Gasteiger partial charge on any atom is 0.345 e. The molecule has 200 valence electrons. The first-order valence-corrected chi connectivity index (χ1v) is 12.2. The van der Waals surface area contributed by atoms with Gasteiger partial charge in [0.15, 0.2) is 0 Å². The number of esters is 2. The van der Waals surface area contributed by atoms with Gasteiger partial charge in [-0.1, -0.05) is 17.7 Å². The van der Waals surface area contributed by atoms with E-state index >= 15 is 0 Å². The van der Waals surface area contributed by atoms with Crippen molar-refractivity contribution in [3.63, 3.8) is 0 Å². The highest BCUT2D eigenvalue weighted by Gasteiger charge is 2.55. The molecular weight excluding hydrogens is 516 g/mol. The largest absolute Gasteiger partial charge is 0.508 e. The fourth-order valence-corrected chi connectivity index (χ4v) is 5.46. The number of aromatic hydroxyl groups is 1. The molecule has 2 aliphatic carbocycles. The Kier molecular flexibility index (Phi) is 6.54. The number of carbonyl (C=O) groups excluding carboxylic acids is 2. The van der Waals surface area contributed by atoms with Crippen molar-refractivity contribution in [3.05, 3.63) is 63.7 Å². The van der Waals surface area contributed by atoms with Crippen LogP contribution in [0.25, 0.3) is 0 Å². The van der Waals surface area contributed by atoms with Gasteiger partial charge in [-0.3, -0.25) is 10.0 Å². The van der Waals surface area contributed by atoms with Gasteiger partial charge < -0.3 is 24.1 Å². The number of hydrazone groups is 2. The highest BCUT2D eigenvalue weighted by atomic mass is 35.5. The summed E-state index contributed by atoms with van der Waals surface area (Å²) in [7, 11) is 5.73. The zero-order valence-corrected chi connectivity index (χ0v) is 22.1. The second-order valence-corrected chi connectivity index (χ2v) is 9.75. The summed E-state index contributed by atoms with van der Waals surface area (Å²) in [4.78, 5) is 25.7. The molecule has 12 heteroatoms. The number of nitrogens with zero attached hydrogens (tertiary/aromatic N) is 4. The van der Waals surface area contributed by atoms with Gasteiger partial charge in [0.25, 0.3) is 0 Å². The molecule has 2 atom stereocenters. The van der Waals surface area contributed by atoms with Gasteiger partial charge in [0.2, 0.25) is 11.2 Å². The van der Waals surface area contributed by atoms with Gasteiger partial charge in [-0.05, 0) is 41.5 Å². The highest BCUT2D eigenvalue weighted by molar-refractivity contribution is 6.31. The van der Waals surface area contributed by atoms with Gasteiger partial charge in [0, 0.05) is 43.1 Å². The molecule has 1 N–H and O–H groups in total. The summed E-state index contributed by atoms with van der Waals surface area (Å²) in [5.74, 6) is -1.07. The fraction of sp³-hybridized carbons (Fsp3) is 0.385. The lowest BCUT2D eigenvalue weighted by atomic mass is 9.97. The van der Waals surface area contributed by atoms with Crippen molar-refractivity contribution in [2.45, 2.75) is 24.0 Å². The lowest BCUT2D eigenvalue weighted by Crippen LogP contribution is -2.54. The molecule has 1 aliphatic heterocycles. The number of phenolic OH excluding ortho intramolecular Hbond substituents is 1. The number of hydrogen-bond acceptors (Lipinski definition) is 11. The standard InChI is InChI=1S/C26H27ClN4O7/c1-30(28-21-20-8-6-18(32)10-16(20)11-25(21,37-4)23(33)35-2)13-31-14-38-26(24(34)36-3)12-15-9-17(27)5-7-19(15)22(26)29-31/h5-10,32H,11-14H2,1-4H3/b28-21-.